The number of azo groups is 1. The predicted molar refractivity (Wildman–Crippen MR) is 49.2 cm³/mol. The largest absolute Gasteiger partial charge is 0.303 e. The van der Waals surface area contributed by atoms with Gasteiger partial charge in [-0.05, 0) is 20.8 Å². The lowest BCUT2D eigenvalue weighted by molar-refractivity contribution is -0.108. The van der Waals surface area contributed by atoms with E-state index in [4.69, 9.17) is 10.5 Å². The smallest absolute Gasteiger partial charge is 0.171 e. The van der Waals surface area contributed by atoms with Crippen molar-refractivity contribution in [3.05, 3.63) is 0 Å². The van der Waals surface area contributed by atoms with Crippen LogP contribution in [0.3, 0.4) is 0 Å². The predicted octanol–water partition coefficient (Wildman–Crippen LogP) is 1.61. The van der Waals surface area contributed by atoms with Gasteiger partial charge in [0.25, 0.3) is 0 Å². The summed E-state index contributed by atoms with van der Waals surface area (Å²) >= 11 is 0. The molecule has 0 aliphatic heterocycles. The van der Waals surface area contributed by atoms with E-state index < -0.39 is 11.1 Å². The van der Waals surface area contributed by atoms with Crippen molar-refractivity contribution in [1.82, 2.24) is 0 Å². The third-order valence-electron chi connectivity index (χ3n) is 1.52. The number of nitrogens with zero attached hydrogens (tertiary/aromatic N) is 4. The summed E-state index contributed by atoms with van der Waals surface area (Å²) in [6.45, 7) is 4.66. The van der Waals surface area contributed by atoms with Crippen LogP contribution in [0, 0.1) is 22.7 Å². The molecular weight excluding hydrogens is 180 g/mol. The summed E-state index contributed by atoms with van der Waals surface area (Å²) in [4.78, 5) is 10.3. The molecule has 0 rings (SSSR count). The second-order valence-corrected chi connectivity index (χ2v) is 3.63. The Balaban J connectivity index is 4.73. The lowest BCUT2D eigenvalue weighted by Gasteiger charge is -2.13. The normalized spacial score (nSPS) is 15.5. The Hall–Kier alpha value is -1.75. The van der Waals surface area contributed by atoms with E-state index in [0.29, 0.717) is 6.29 Å². The molecule has 0 saturated carbocycles. The molecule has 0 saturated heterocycles. The van der Waals surface area contributed by atoms with Gasteiger partial charge in [-0.2, -0.15) is 20.8 Å². The van der Waals surface area contributed by atoms with Gasteiger partial charge in [0, 0.05) is 6.42 Å². The van der Waals surface area contributed by atoms with Gasteiger partial charge in [-0.3, -0.25) is 0 Å². The fraction of sp³-hybridized carbons (Fsp3) is 0.667. The molecule has 1 unspecified atom stereocenters. The summed E-state index contributed by atoms with van der Waals surface area (Å²) < 4.78 is 0. The van der Waals surface area contributed by atoms with Crippen molar-refractivity contribution in [2.45, 2.75) is 38.3 Å². The summed E-state index contributed by atoms with van der Waals surface area (Å²) in [6, 6.07) is 3.80. The SMILES string of the molecule is CC(C)(C#N)N=NC(C)(C#N)CC=O. The molecule has 74 valence electrons. The monoisotopic (exact) mass is 192 g/mol. The van der Waals surface area contributed by atoms with Gasteiger partial charge >= 0.3 is 0 Å². The highest BCUT2D eigenvalue weighted by Gasteiger charge is 2.24. The Morgan fingerprint density at radius 2 is 1.79 bits per heavy atom. The molecule has 0 aliphatic carbocycles. The maximum atomic E-state index is 10.3. The van der Waals surface area contributed by atoms with Crippen LogP contribution in [-0.2, 0) is 4.79 Å². The minimum atomic E-state index is -1.16. The molecule has 0 amide bonds. The molecule has 14 heavy (non-hydrogen) atoms. The number of carbonyl (C=O) groups excluding carboxylic acids is 1. The molecule has 0 N–H and O–H groups in total. The number of aldehydes is 1. The van der Waals surface area contributed by atoms with E-state index in [2.05, 4.69) is 10.2 Å². The maximum absolute atomic E-state index is 10.3. The van der Waals surface area contributed by atoms with Crippen LogP contribution >= 0.6 is 0 Å². The zero-order chi connectivity index (χ0) is 11.2. The molecule has 0 aliphatic rings. The number of hydrogen-bond donors (Lipinski definition) is 0. The molecule has 0 aromatic heterocycles. The third-order valence-corrected chi connectivity index (χ3v) is 1.52. The van der Waals surface area contributed by atoms with Gasteiger partial charge in [0.15, 0.2) is 11.1 Å². The Kier molecular flexibility index (Phi) is 3.92. The zero-order valence-corrected chi connectivity index (χ0v) is 8.48. The fourth-order valence-electron chi connectivity index (χ4n) is 0.529. The molecule has 5 nitrogen and oxygen atoms in total. The number of nitriles is 2. The molecule has 0 spiro atoms. The van der Waals surface area contributed by atoms with Crippen molar-refractivity contribution < 1.29 is 4.79 Å². The van der Waals surface area contributed by atoms with E-state index in [-0.39, 0.29) is 6.42 Å². The first-order chi connectivity index (χ1) is 6.39. The second-order valence-electron chi connectivity index (χ2n) is 3.63. The molecule has 5 heteroatoms. The number of carbonyl (C=O) groups is 1. The molecular formula is C9H12N4O. The molecule has 0 fully saturated rings. The summed E-state index contributed by atoms with van der Waals surface area (Å²) in [6.07, 6.45) is 0.593. The van der Waals surface area contributed by atoms with Gasteiger partial charge in [-0.25, -0.2) is 0 Å². The van der Waals surface area contributed by atoms with Crippen molar-refractivity contribution in [3.63, 3.8) is 0 Å². The van der Waals surface area contributed by atoms with E-state index in [1.54, 1.807) is 13.8 Å². The quantitative estimate of drug-likeness (QED) is 0.500. The fourth-order valence-corrected chi connectivity index (χ4v) is 0.529. The minimum Gasteiger partial charge on any atom is -0.303 e. The zero-order valence-electron chi connectivity index (χ0n) is 8.48. The van der Waals surface area contributed by atoms with E-state index in [1.165, 1.54) is 6.92 Å². The first-order valence-corrected chi connectivity index (χ1v) is 4.09. The standard InChI is InChI=1S/C9H12N4O/c1-8(2,6-10)12-13-9(3,7-11)4-5-14/h5H,4H2,1-3H3. The van der Waals surface area contributed by atoms with Crippen molar-refractivity contribution in [2.24, 2.45) is 10.2 Å². The Morgan fingerprint density at radius 1 is 1.21 bits per heavy atom. The van der Waals surface area contributed by atoms with Crippen LogP contribution in [0.2, 0.25) is 0 Å². The molecule has 0 aromatic carbocycles. The lowest BCUT2D eigenvalue weighted by atomic mass is 10.0. The first kappa shape index (κ1) is 12.2. The minimum absolute atomic E-state index is 0.0193. The molecule has 0 radical (unpaired) electrons. The summed E-state index contributed by atoms with van der Waals surface area (Å²) in [7, 11) is 0. The molecule has 0 bridgehead atoms. The molecule has 0 aromatic rings. The van der Waals surface area contributed by atoms with Crippen LogP contribution in [0.25, 0.3) is 0 Å². The van der Waals surface area contributed by atoms with Crippen LogP contribution in [0.5, 0.6) is 0 Å². The van der Waals surface area contributed by atoms with Gasteiger partial charge < -0.3 is 4.79 Å². The Morgan fingerprint density at radius 3 is 2.14 bits per heavy atom. The third kappa shape index (κ3) is 3.77. The summed E-state index contributed by atoms with van der Waals surface area (Å²) in [5.74, 6) is 0. The highest BCUT2D eigenvalue weighted by molar-refractivity contribution is 5.53. The summed E-state index contributed by atoms with van der Waals surface area (Å²) in [5, 5.41) is 24.8. The van der Waals surface area contributed by atoms with Gasteiger partial charge in [0.1, 0.15) is 6.29 Å². The highest BCUT2D eigenvalue weighted by Crippen LogP contribution is 2.17. The number of hydrogen-bond acceptors (Lipinski definition) is 5. The average molecular weight is 192 g/mol. The summed E-state index contributed by atoms with van der Waals surface area (Å²) in [5.41, 5.74) is -2.11. The van der Waals surface area contributed by atoms with Crippen LogP contribution in [0.1, 0.15) is 27.2 Å². The van der Waals surface area contributed by atoms with Crippen molar-refractivity contribution in [2.75, 3.05) is 0 Å². The van der Waals surface area contributed by atoms with Crippen LogP contribution < -0.4 is 0 Å². The van der Waals surface area contributed by atoms with Gasteiger partial charge in [-0.15, -0.1) is 0 Å². The van der Waals surface area contributed by atoms with E-state index in [1.807, 2.05) is 12.1 Å². The van der Waals surface area contributed by atoms with Gasteiger partial charge in [0.05, 0.1) is 12.1 Å². The lowest BCUT2D eigenvalue weighted by Crippen LogP contribution is -2.21. The van der Waals surface area contributed by atoms with Crippen LogP contribution in [0.4, 0.5) is 0 Å². The van der Waals surface area contributed by atoms with Crippen LogP contribution in [0.15, 0.2) is 10.2 Å². The molecule has 0 heterocycles. The molecule has 1 atom stereocenters. The van der Waals surface area contributed by atoms with Gasteiger partial charge in [0.2, 0.25) is 0 Å². The van der Waals surface area contributed by atoms with Crippen molar-refractivity contribution >= 4 is 6.29 Å². The Labute approximate surface area is 83.1 Å². The van der Waals surface area contributed by atoms with E-state index in [0.717, 1.165) is 0 Å². The first-order valence-electron chi connectivity index (χ1n) is 4.09. The highest BCUT2D eigenvalue weighted by atomic mass is 16.1. The van der Waals surface area contributed by atoms with Crippen LogP contribution in [-0.4, -0.2) is 17.4 Å². The van der Waals surface area contributed by atoms with Gasteiger partial charge in [-0.1, -0.05) is 0 Å². The van der Waals surface area contributed by atoms with Crippen molar-refractivity contribution in [1.29, 1.82) is 10.5 Å². The van der Waals surface area contributed by atoms with Crippen molar-refractivity contribution in [3.8, 4) is 12.1 Å². The second kappa shape index (κ2) is 4.48. The topological polar surface area (TPSA) is 89.4 Å². The Bertz CT molecular complexity index is 321. The van der Waals surface area contributed by atoms with E-state index in [9.17, 15) is 4.79 Å². The van der Waals surface area contributed by atoms with E-state index >= 15 is 0 Å². The maximum Gasteiger partial charge on any atom is 0.171 e. The average Bonchev–Trinajstić information content (AvgIpc) is 2.16. The number of rotatable bonds is 4.